The van der Waals surface area contributed by atoms with Crippen molar-refractivity contribution in [3.05, 3.63) is 48.2 Å². The summed E-state index contributed by atoms with van der Waals surface area (Å²) >= 11 is 0. The zero-order chi connectivity index (χ0) is 12.1. The van der Waals surface area contributed by atoms with Crippen LogP contribution in [0.1, 0.15) is 5.69 Å². The summed E-state index contributed by atoms with van der Waals surface area (Å²) in [6, 6.07) is 13.6. The molecule has 3 heteroatoms. The fourth-order valence-corrected chi connectivity index (χ4v) is 1.66. The van der Waals surface area contributed by atoms with E-state index in [-0.39, 0.29) is 6.61 Å². The molecule has 17 heavy (non-hydrogen) atoms. The van der Waals surface area contributed by atoms with Crippen molar-refractivity contribution in [2.45, 2.75) is 6.42 Å². The molecule has 2 rings (SSSR count). The molecule has 0 unspecified atom stereocenters. The molecule has 0 radical (unpaired) electrons. The van der Waals surface area contributed by atoms with Gasteiger partial charge in [0.15, 0.2) is 0 Å². The van der Waals surface area contributed by atoms with Crippen LogP contribution in [0.3, 0.4) is 0 Å². The number of methoxy groups -OCH3 is 1. The number of rotatable bonds is 4. The van der Waals surface area contributed by atoms with Gasteiger partial charge in [0.05, 0.1) is 12.8 Å². The highest BCUT2D eigenvalue weighted by Gasteiger charge is 2.01. The second kappa shape index (κ2) is 5.46. The second-order valence-electron chi connectivity index (χ2n) is 3.72. The third-order valence-corrected chi connectivity index (χ3v) is 2.56. The minimum absolute atomic E-state index is 0.124. The van der Waals surface area contributed by atoms with Gasteiger partial charge in [-0.25, -0.2) is 0 Å². The zero-order valence-corrected chi connectivity index (χ0v) is 9.76. The van der Waals surface area contributed by atoms with Crippen LogP contribution >= 0.6 is 0 Å². The molecule has 3 nitrogen and oxygen atoms in total. The first-order valence-electron chi connectivity index (χ1n) is 5.54. The number of hydrogen-bond acceptors (Lipinski definition) is 3. The van der Waals surface area contributed by atoms with E-state index in [1.165, 1.54) is 0 Å². The molecule has 0 aliphatic carbocycles. The van der Waals surface area contributed by atoms with E-state index in [9.17, 15) is 0 Å². The Bertz CT molecular complexity index is 480. The molecule has 0 fully saturated rings. The Labute approximate surface area is 101 Å². The highest BCUT2D eigenvalue weighted by molar-refractivity contribution is 5.60. The van der Waals surface area contributed by atoms with Crippen LogP contribution in [0.25, 0.3) is 11.3 Å². The molecule has 0 aliphatic rings. The van der Waals surface area contributed by atoms with Gasteiger partial charge in [0.25, 0.3) is 0 Å². The lowest BCUT2D eigenvalue weighted by Gasteiger charge is -2.05. The topological polar surface area (TPSA) is 42.4 Å². The van der Waals surface area contributed by atoms with Gasteiger partial charge < -0.3 is 9.84 Å². The van der Waals surface area contributed by atoms with Crippen molar-refractivity contribution < 1.29 is 9.84 Å². The Morgan fingerprint density at radius 3 is 2.53 bits per heavy atom. The van der Waals surface area contributed by atoms with Crippen molar-refractivity contribution in [1.82, 2.24) is 4.98 Å². The maximum Gasteiger partial charge on any atom is 0.118 e. The molecule has 0 spiro atoms. The van der Waals surface area contributed by atoms with Crippen molar-refractivity contribution in [1.29, 1.82) is 0 Å². The van der Waals surface area contributed by atoms with E-state index >= 15 is 0 Å². The summed E-state index contributed by atoms with van der Waals surface area (Å²) in [4.78, 5) is 4.49. The second-order valence-corrected chi connectivity index (χ2v) is 3.72. The lowest BCUT2D eigenvalue weighted by atomic mass is 10.1. The van der Waals surface area contributed by atoms with E-state index < -0.39 is 0 Å². The SMILES string of the molecule is COc1ccc(-c2cccc(CCO)n2)cc1. The van der Waals surface area contributed by atoms with Gasteiger partial charge in [0.2, 0.25) is 0 Å². The third kappa shape index (κ3) is 2.82. The van der Waals surface area contributed by atoms with E-state index in [1.807, 2.05) is 42.5 Å². The van der Waals surface area contributed by atoms with E-state index in [0.717, 1.165) is 22.7 Å². The van der Waals surface area contributed by atoms with Crippen molar-refractivity contribution in [2.75, 3.05) is 13.7 Å². The normalized spacial score (nSPS) is 10.2. The fourth-order valence-electron chi connectivity index (χ4n) is 1.66. The number of aliphatic hydroxyl groups is 1. The van der Waals surface area contributed by atoms with Crippen LogP contribution in [0.5, 0.6) is 5.75 Å². The molecule has 1 N–H and O–H groups in total. The molecular weight excluding hydrogens is 214 g/mol. The molecule has 0 saturated heterocycles. The number of benzene rings is 1. The molecule has 0 saturated carbocycles. The zero-order valence-electron chi connectivity index (χ0n) is 9.76. The van der Waals surface area contributed by atoms with Crippen molar-refractivity contribution >= 4 is 0 Å². The molecule has 0 amide bonds. The predicted octanol–water partition coefficient (Wildman–Crippen LogP) is 2.29. The van der Waals surface area contributed by atoms with Gasteiger partial charge in [-0.05, 0) is 36.4 Å². The van der Waals surface area contributed by atoms with Crippen LogP contribution in [-0.4, -0.2) is 23.8 Å². The van der Waals surface area contributed by atoms with E-state index in [2.05, 4.69) is 4.98 Å². The van der Waals surface area contributed by atoms with Crippen LogP contribution in [0.4, 0.5) is 0 Å². The van der Waals surface area contributed by atoms with E-state index in [4.69, 9.17) is 9.84 Å². The maximum atomic E-state index is 8.89. The highest BCUT2D eigenvalue weighted by atomic mass is 16.5. The van der Waals surface area contributed by atoms with Crippen LogP contribution in [0, 0.1) is 0 Å². The van der Waals surface area contributed by atoms with Gasteiger partial charge >= 0.3 is 0 Å². The smallest absolute Gasteiger partial charge is 0.118 e. The lowest BCUT2D eigenvalue weighted by molar-refractivity contribution is 0.298. The summed E-state index contributed by atoms with van der Waals surface area (Å²) in [7, 11) is 1.65. The molecule has 0 atom stereocenters. The Balaban J connectivity index is 2.28. The predicted molar refractivity (Wildman–Crippen MR) is 67.0 cm³/mol. The van der Waals surface area contributed by atoms with Crippen molar-refractivity contribution in [3.8, 4) is 17.0 Å². The lowest BCUT2D eigenvalue weighted by Crippen LogP contribution is -1.95. The fraction of sp³-hybridized carbons (Fsp3) is 0.214. The number of pyridine rings is 1. The quantitative estimate of drug-likeness (QED) is 0.874. The summed E-state index contributed by atoms with van der Waals surface area (Å²) in [5.74, 6) is 0.834. The van der Waals surface area contributed by atoms with E-state index in [1.54, 1.807) is 7.11 Å². The number of nitrogens with zero attached hydrogens (tertiary/aromatic N) is 1. The molecule has 88 valence electrons. The van der Waals surface area contributed by atoms with Gasteiger partial charge in [-0.2, -0.15) is 0 Å². The Morgan fingerprint density at radius 1 is 1.12 bits per heavy atom. The molecule has 1 aromatic heterocycles. The maximum absolute atomic E-state index is 8.89. The molecule has 0 aliphatic heterocycles. The molecule has 1 aromatic carbocycles. The van der Waals surface area contributed by atoms with Crippen LogP contribution < -0.4 is 4.74 Å². The molecule has 2 aromatic rings. The average molecular weight is 229 g/mol. The summed E-state index contributed by atoms with van der Waals surface area (Å²) < 4.78 is 5.11. The Morgan fingerprint density at radius 2 is 1.88 bits per heavy atom. The number of hydrogen-bond donors (Lipinski definition) is 1. The molecule has 1 heterocycles. The molecular formula is C14H15NO2. The van der Waals surface area contributed by atoms with Gasteiger partial charge in [0, 0.05) is 24.3 Å². The van der Waals surface area contributed by atoms with Crippen molar-refractivity contribution in [3.63, 3.8) is 0 Å². The number of aliphatic hydroxyl groups excluding tert-OH is 1. The summed E-state index contributed by atoms with van der Waals surface area (Å²) in [6.45, 7) is 0.124. The standard InChI is InChI=1S/C14H15NO2/c1-17-13-7-5-11(6-8-13)14-4-2-3-12(15-14)9-10-16/h2-8,16H,9-10H2,1H3. The average Bonchev–Trinajstić information content (AvgIpc) is 2.40. The minimum atomic E-state index is 0.124. The minimum Gasteiger partial charge on any atom is -0.497 e. The number of aromatic nitrogens is 1. The van der Waals surface area contributed by atoms with E-state index in [0.29, 0.717) is 6.42 Å². The Hall–Kier alpha value is -1.87. The van der Waals surface area contributed by atoms with Gasteiger partial charge in [0.1, 0.15) is 5.75 Å². The summed E-state index contributed by atoms with van der Waals surface area (Å²) in [5, 5.41) is 8.89. The van der Waals surface area contributed by atoms with Crippen LogP contribution in [0.2, 0.25) is 0 Å². The first-order valence-corrected chi connectivity index (χ1v) is 5.54. The van der Waals surface area contributed by atoms with Gasteiger partial charge in [-0.15, -0.1) is 0 Å². The summed E-state index contributed by atoms with van der Waals surface area (Å²) in [6.07, 6.45) is 0.587. The highest BCUT2D eigenvalue weighted by Crippen LogP contribution is 2.20. The monoisotopic (exact) mass is 229 g/mol. The largest absolute Gasteiger partial charge is 0.497 e. The summed E-state index contributed by atoms with van der Waals surface area (Å²) in [5.41, 5.74) is 2.87. The first-order chi connectivity index (χ1) is 8.33. The third-order valence-electron chi connectivity index (χ3n) is 2.56. The number of ether oxygens (including phenoxy) is 1. The van der Waals surface area contributed by atoms with Crippen LogP contribution in [-0.2, 0) is 6.42 Å². The molecule has 0 bridgehead atoms. The van der Waals surface area contributed by atoms with Gasteiger partial charge in [-0.3, -0.25) is 4.98 Å². The first kappa shape index (κ1) is 11.6. The Kier molecular flexibility index (Phi) is 3.73. The van der Waals surface area contributed by atoms with Crippen LogP contribution in [0.15, 0.2) is 42.5 Å². The van der Waals surface area contributed by atoms with Crippen molar-refractivity contribution in [2.24, 2.45) is 0 Å². The van der Waals surface area contributed by atoms with Gasteiger partial charge in [-0.1, -0.05) is 6.07 Å².